The zero-order valence-electron chi connectivity index (χ0n) is 14.8. The molecule has 3 aliphatic rings. The molecule has 5 rings (SSSR count). The SMILES string of the molecule is O=C1C[C@@]2(CC[C@H]3[C@H](C(=O)NCc4ccccc4F)[C@H]32)Oc2ccccc21. The molecule has 4 nitrogen and oxygen atoms in total. The lowest BCUT2D eigenvalue weighted by atomic mass is 9.84. The van der Waals surface area contributed by atoms with Gasteiger partial charge in [-0.3, -0.25) is 9.59 Å². The number of fused-ring (bicyclic) bond motifs is 3. The molecule has 4 atom stereocenters. The van der Waals surface area contributed by atoms with Crippen LogP contribution in [-0.4, -0.2) is 17.3 Å². The molecule has 1 N–H and O–H groups in total. The molecular formula is C22H20FNO3. The number of amides is 1. The smallest absolute Gasteiger partial charge is 0.224 e. The van der Waals surface area contributed by atoms with Gasteiger partial charge in [0.05, 0.1) is 12.0 Å². The van der Waals surface area contributed by atoms with Crippen LogP contribution in [0.25, 0.3) is 0 Å². The Balaban J connectivity index is 1.31. The number of carbonyl (C=O) groups is 2. The van der Waals surface area contributed by atoms with Crippen LogP contribution in [0.2, 0.25) is 0 Å². The van der Waals surface area contributed by atoms with Gasteiger partial charge in [0, 0.05) is 23.9 Å². The fraction of sp³-hybridized carbons (Fsp3) is 0.364. The van der Waals surface area contributed by atoms with Gasteiger partial charge in [-0.1, -0.05) is 30.3 Å². The molecule has 0 bridgehead atoms. The van der Waals surface area contributed by atoms with Crippen molar-refractivity contribution >= 4 is 11.7 Å². The van der Waals surface area contributed by atoms with E-state index in [1.54, 1.807) is 24.3 Å². The first-order valence-electron chi connectivity index (χ1n) is 9.41. The van der Waals surface area contributed by atoms with Gasteiger partial charge in [0.1, 0.15) is 17.2 Å². The lowest BCUT2D eigenvalue weighted by Crippen LogP contribution is -2.44. The second-order valence-corrected chi connectivity index (χ2v) is 7.83. The summed E-state index contributed by atoms with van der Waals surface area (Å²) >= 11 is 0. The zero-order chi connectivity index (χ0) is 18.6. The summed E-state index contributed by atoms with van der Waals surface area (Å²) in [4.78, 5) is 25.3. The van der Waals surface area contributed by atoms with Crippen LogP contribution in [0, 0.1) is 23.6 Å². The minimum atomic E-state index is -0.559. The van der Waals surface area contributed by atoms with Crippen molar-refractivity contribution in [1.82, 2.24) is 5.32 Å². The van der Waals surface area contributed by atoms with E-state index in [0.29, 0.717) is 23.3 Å². The third-order valence-corrected chi connectivity index (χ3v) is 6.35. The van der Waals surface area contributed by atoms with E-state index in [1.807, 2.05) is 18.2 Å². The van der Waals surface area contributed by atoms with Crippen LogP contribution >= 0.6 is 0 Å². The number of ketones is 1. The van der Waals surface area contributed by atoms with E-state index in [9.17, 15) is 14.0 Å². The van der Waals surface area contributed by atoms with Crippen LogP contribution in [0.1, 0.15) is 35.2 Å². The quantitative estimate of drug-likeness (QED) is 0.906. The van der Waals surface area contributed by atoms with Crippen molar-refractivity contribution in [3.63, 3.8) is 0 Å². The number of rotatable bonds is 3. The molecule has 0 radical (unpaired) electrons. The molecule has 0 saturated heterocycles. The lowest BCUT2D eigenvalue weighted by molar-refractivity contribution is -0.124. The lowest BCUT2D eigenvalue weighted by Gasteiger charge is -2.37. The third-order valence-electron chi connectivity index (χ3n) is 6.35. The van der Waals surface area contributed by atoms with Crippen LogP contribution in [-0.2, 0) is 11.3 Å². The second kappa shape index (κ2) is 5.91. The summed E-state index contributed by atoms with van der Waals surface area (Å²) < 4.78 is 20.1. The van der Waals surface area contributed by atoms with E-state index >= 15 is 0 Å². The Hall–Kier alpha value is -2.69. The van der Waals surface area contributed by atoms with Gasteiger partial charge in [-0.05, 0) is 37.0 Å². The number of para-hydroxylation sites is 1. The number of hydrogen-bond donors (Lipinski definition) is 1. The molecule has 2 aliphatic carbocycles. The van der Waals surface area contributed by atoms with Crippen molar-refractivity contribution in [2.45, 2.75) is 31.4 Å². The third kappa shape index (κ3) is 2.56. The standard InChI is InChI=1S/C22H20FNO3/c23-16-7-3-1-5-13(16)12-24-21(26)19-15-9-10-22(20(15)19)11-17(25)14-6-2-4-8-18(14)27-22/h1-8,15,19-20H,9-12H2,(H,24,26)/t15-,19-,20-,22+/m0/s1. The zero-order valence-corrected chi connectivity index (χ0v) is 14.8. The first-order chi connectivity index (χ1) is 13.1. The average Bonchev–Trinajstić information content (AvgIpc) is 3.32. The maximum Gasteiger partial charge on any atom is 0.224 e. The highest BCUT2D eigenvalue weighted by atomic mass is 19.1. The summed E-state index contributed by atoms with van der Waals surface area (Å²) in [5, 5.41) is 2.86. The molecule has 2 saturated carbocycles. The van der Waals surface area contributed by atoms with E-state index in [-0.39, 0.29) is 41.8 Å². The van der Waals surface area contributed by atoms with Crippen LogP contribution in [0.5, 0.6) is 5.75 Å². The number of Topliss-reactive ketones (excluding diaryl/α,β-unsaturated/α-hetero) is 1. The summed E-state index contributed by atoms with van der Waals surface area (Å²) in [6.07, 6.45) is 2.03. The van der Waals surface area contributed by atoms with Gasteiger partial charge in [-0.15, -0.1) is 0 Å². The van der Waals surface area contributed by atoms with Crippen LogP contribution in [0.3, 0.4) is 0 Å². The molecule has 0 unspecified atom stereocenters. The number of halogens is 1. The fourth-order valence-corrected chi connectivity index (χ4v) is 5.06. The van der Waals surface area contributed by atoms with Gasteiger partial charge < -0.3 is 10.1 Å². The van der Waals surface area contributed by atoms with Crippen LogP contribution in [0.4, 0.5) is 4.39 Å². The van der Waals surface area contributed by atoms with Crippen molar-refractivity contribution in [2.75, 3.05) is 0 Å². The van der Waals surface area contributed by atoms with E-state index in [2.05, 4.69) is 5.32 Å². The molecule has 1 heterocycles. The van der Waals surface area contributed by atoms with Crippen molar-refractivity contribution in [2.24, 2.45) is 17.8 Å². The van der Waals surface area contributed by atoms with Gasteiger partial charge in [-0.2, -0.15) is 0 Å². The van der Waals surface area contributed by atoms with Gasteiger partial charge in [0.15, 0.2) is 5.78 Å². The monoisotopic (exact) mass is 365 g/mol. The number of carbonyl (C=O) groups excluding carboxylic acids is 2. The average molecular weight is 365 g/mol. The molecule has 2 fully saturated rings. The van der Waals surface area contributed by atoms with E-state index in [1.165, 1.54) is 6.07 Å². The normalized spacial score (nSPS) is 30.4. The molecule has 5 heteroatoms. The first kappa shape index (κ1) is 16.5. The molecule has 138 valence electrons. The molecule has 0 aromatic heterocycles. The summed E-state index contributed by atoms with van der Waals surface area (Å²) in [5.74, 6) is 0.509. The highest BCUT2D eigenvalue weighted by molar-refractivity contribution is 6.00. The molecule has 2 aromatic carbocycles. The van der Waals surface area contributed by atoms with Crippen molar-refractivity contribution < 1.29 is 18.7 Å². The Morgan fingerprint density at radius 2 is 1.96 bits per heavy atom. The van der Waals surface area contributed by atoms with Crippen LogP contribution < -0.4 is 10.1 Å². The Morgan fingerprint density at radius 3 is 2.81 bits per heavy atom. The van der Waals surface area contributed by atoms with Crippen LogP contribution in [0.15, 0.2) is 48.5 Å². The molecule has 1 amide bonds. The van der Waals surface area contributed by atoms with Gasteiger partial charge in [0.2, 0.25) is 5.91 Å². The van der Waals surface area contributed by atoms with Gasteiger partial charge >= 0.3 is 0 Å². The maximum atomic E-state index is 13.7. The minimum Gasteiger partial charge on any atom is -0.486 e. The summed E-state index contributed by atoms with van der Waals surface area (Å²) in [6.45, 7) is 0.178. The van der Waals surface area contributed by atoms with Gasteiger partial charge in [0.25, 0.3) is 0 Å². The summed E-state index contributed by atoms with van der Waals surface area (Å²) in [6, 6.07) is 13.8. The predicted molar refractivity (Wildman–Crippen MR) is 96.7 cm³/mol. The molecule has 1 aliphatic heterocycles. The highest BCUT2D eigenvalue weighted by Gasteiger charge is 2.70. The molecule has 2 aromatic rings. The largest absolute Gasteiger partial charge is 0.486 e. The molecule has 27 heavy (non-hydrogen) atoms. The van der Waals surface area contributed by atoms with Crippen molar-refractivity contribution in [1.29, 1.82) is 0 Å². The second-order valence-electron chi connectivity index (χ2n) is 7.83. The Labute approximate surface area is 156 Å². The number of ether oxygens (including phenoxy) is 1. The highest BCUT2D eigenvalue weighted by Crippen LogP contribution is 2.65. The van der Waals surface area contributed by atoms with E-state index < -0.39 is 5.60 Å². The van der Waals surface area contributed by atoms with Crippen molar-refractivity contribution in [3.05, 3.63) is 65.5 Å². The topological polar surface area (TPSA) is 55.4 Å². The van der Waals surface area contributed by atoms with E-state index in [0.717, 1.165) is 12.8 Å². The predicted octanol–water partition coefficient (Wildman–Crippen LogP) is 3.50. The summed E-state index contributed by atoms with van der Waals surface area (Å²) in [5.41, 5.74) is 0.549. The fourth-order valence-electron chi connectivity index (χ4n) is 5.06. The molecule has 1 spiro atoms. The number of nitrogens with one attached hydrogen (secondary N) is 1. The maximum absolute atomic E-state index is 13.7. The Morgan fingerprint density at radius 1 is 1.19 bits per heavy atom. The number of benzene rings is 2. The first-order valence-corrected chi connectivity index (χ1v) is 9.41. The van der Waals surface area contributed by atoms with E-state index in [4.69, 9.17) is 4.74 Å². The Bertz CT molecular complexity index is 943. The minimum absolute atomic E-state index is 0.0652. The van der Waals surface area contributed by atoms with Gasteiger partial charge in [-0.25, -0.2) is 4.39 Å². The Kier molecular flexibility index (Phi) is 3.61. The number of hydrogen-bond acceptors (Lipinski definition) is 3. The molecular weight excluding hydrogens is 345 g/mol. The van der Waals surface area contributed by atoms with Crippen molar-refractivity contribution in [3.8, 4) is 5.75 Å². The summed E-state index contributed by atoms with van der Waals surface area (Å²) in [7, 11) is 0.